The lowest BCUT2D eigenvalue weighted by Crippen LogP contribution is -2.38. The minimum atomic E-state index is -0.869. The van der Waals surface area contributed by atoms with Crippen LogP contribution >= 0.6 is 0 Å². The van der Waals surface area contributed by atoms with E-state index in [1.165, 1.54) is 12.4 Å². The molecule has 2 heterocycles. The molecule has 0 radical (unpaired) electrons. The van der Waals surface area contributed by atoms with Crippen LogP contribution in [0, 0.1) is 10.1 Å². The number of carboxylic acid groups (broad SMARTS) is 1. The monoisotopic (exact) mass is 296 g/mol. The van der Waals surface area contributed by atoms with Crippen molar-refractivity contribution in [2.75, 3.05) is 24.6 Å². The Bertz CT molecular complexity index is 499. The summed E-state index contributed by atoms with van der Waals surface area (Å²) in [4.78, 5) is 30.3. The highest BCUT2D eigenvalue weighted by Gasteiger charge is 2.22. The van der Waals surface area contributed by atoms with E-state index >= 15 is 0 Å². The molecule has 2 rings (SSSR count). The SMILES string of the molecule is O=C(O)CCOC1CCN(c2ncc([N+](=O)[O-])cn2)CC1. The standard InChI is InChI=1S/C12H16N4O5/c17-11(18)3-6-21-10-1-4-15(5-2-10)12-13-7-9(8-14-12)16(19)20/h7-8,10H,1-6H2,(H,17,18). The fourth-order valence-corrected chi connectivity index (χ4v) is 2.11. The van der Waals surface area contributed by atoms with E-state index in [2.05, 4.69) is 9.97 Å². The van der Waals surface area contributed by atoms with Crippen LogP contribution in [0.2, 0.25) is 0 Å². The Hall–Kier alpha value is -2.29. The first-order chi connectivity index (χ1) is 10.1. The molecule has 114 valence electrons. The molecule has 1 saturated heterocycles. The first kappa shape index (κ1) is 15.1. The van der Waals surface area contributed by atoms with Crippen LogP contribution in [0.4, 0.5) is 11.6 Å². The molecule has 0 spiro atoms. The highest BCUT2D eigenvalue weighted by molar-refractivity contribution is 5.66. The number of anilines is 1. The Labute approximate surface area is 120 Å². The van der Waals surface area contributed by atoms with Gasteiger partial charge in [-0.1, -0.05) is 0 Å². The number of piperidine rings is 1. The van der Waals surface area contributed by atoms with Crippen molar-refractivity contribution in [2.24, 2.45) is 0 Å². The lowest BCUT2D eigenvalue weighted by atomic mass is 10.1. The van der Waals surface area contributed by atoms with E-state index < -0.39 is 10.9 Å². The Balaban J connectivity index is 1.80. The van der Waals surface area contributed by atoms with Crippen LogP contribution in [0.3, 0.4) is 0 Å². The summed E-state index contributed by atoms with van der Waals surface area (Å²) in [6, 6.07) is 0. The van der Waals surface area contributed by atoms with Crippen LogP contribution in [0.25, 0.3) is 0 Å². The van der Waals surface area contributed by atoms with Crippen LogP contribution in [-0.4, -0.2) is 51.8 Å². The summed E-state index contributed by atoms with van der Waals surface area (Å²) in [6.07, 6.45) is 3.93. The molecular weight excluding hydrogens is 280 g/mol. The molecule has 0 atom stereocenters. The Morgan fingerprint density at radius 1 is 1.43 bits per heavy atom. The van der Waals surface area contributed by atoms with Gasteiger partial charge >= 0.3 is 11.7 Å². The van der Waals surface area contributed by atoms with Gasteiger partial charge in [0.15, 0.2) is 0 Å². The van der Waals surface area contributed by atoms with Gasteiger partial charge in [0.25, 0.3) is 0 Å². The van der Waals surface area contributed by atoms with Crippen molar-refractivity contribution in [3.05, 3.63) is 22.5 Å². The predicted molar refractivity (Wildman–Crippen MR) is 72.1 cm³/mol. The number of ether oxygens (including phenoxy) is 1. The largest absolute Gasteiger partial charge is 0.481 e. The number of hydrogen-bond acceptors (Lipinski definition) is 7. The van der Waals surface area contributed by atoms with Crippen molar-refractivity contribution in [1.82, 2.24) is 9.97 Å². The number of nitrogens with zero attached hydrogens (tertiary/aromatic N) is 4. The summed E-state index contributed by atoms with van der Waals surface area (Å²) in [5.41, 5.74) is -0.134. The van der Waals surface area contributed by atoms with E-state index in [0.717, 1.165) is 12.8 Å². The summed E-state index contributed by atoms with van der Waals surface area (Å²) < 4.78 is 5.49. The van der Waals surface area contributed by atoms with Gasteiger partial charge in [-0.3, -0.25) is 14.9 Å². The number of rotatable bonds is 6. The van der Waals surface area contributed by atoms with E-state index in [0.29, 0.717) is 19.0 Å². The van der Waals surface area contributed by atoms with Crippen LogP contribution < -0.4 is 4.90 Å². The second kappa shape index (κ2) is 6.93. The van der Waals surface area contributed by atoms with Crippen molar-refractivity contribution in [3.8, 4) is 0 Å². The van der Waals surface area contributed by atoms with E-state index in [1.807, 2.05) is 4.90 Å². The minimum absolute atomic E-state index is 0.00563. The molecule has 21 heavy (non-hydrogen) atoms. The zero-order valence-corrected chi connectivity index (χ0v) is 11.3. The number of aliphatic carboxylic acids is 1. The van der Waals surface area contributed by atoms with Gasteiger partial charge in [0.2, 0.25) is 5.95 Å². The number of aromatic nitrogens is 2. The predicted octanol–water partition coefficient (Wildman–Crippen LogP) is 0.845. The van der Waals surface area contributed by atoms with E-state index in [4.69, 9.17) is 9.84 Å². The first-order valence-electron chi connectivity index (χ1n) is 6.61. The average molecular weight is 296 g/mol. The van der Waals surface area contributed by atoms with Crippen LogP contribution in [0.5, 0.6) is 0 Å². The van der Waals surface area contributed by atoms with Gasteiger partial charge < -0.3 is 14.7 Å². The van der Waals surface area contributed by atoms with E-state index in [9.17, 15) is 14.9 Å². The maximum absolute atomic E-state index is 10.5. The molecule has 0 aliphatic carbocycles. The van der Waals surface area contributed by atoms with Crippen molar-refractivity contribution < 1.29 is 19.6 Å². The third-order valence-corrected chi connectivity index (χ3v) is 3.23. The van der Waals surface area contributed by atoms with E-state index in [1.54, 1.807) is 0 Å². The molecule has 0 amide bonds. The molecule has 9 heteroatoms. The summed E-state index contributed by atoms with van der Waals surface area (Å²) in [5.74, 6) is -0.406. The quantitative estimate of drug-likeness (QED) is 0.606. The average Bonchev–Trinajstić information content (AvgIpc) is 2.48. The van der Waals surface area contributed by atoms with Crippen LogP contribution in [0.15, 0.2) is 12.4 Å². The van der Waals surface area contributed by atoms with Gasteiger partial charge in [0.1, 0.15) is 12.4 Å². The summed E-state index contributed by atoms with van der Waals surface area (Å²) in [7, 11) is 0. The third-order valence-electron chi connectivity index (χ3n) is 3.23. The van der Waals surface area contributed by atoms with Crippen molar-refractivity contribution in [1.29, 1.82) is 0 Å². The van der Waals surface area contributed by atoms with Gasteiger partial charge in [-0.05, 0) is 12.8 Å². The summed E-state index contributed by atoms with van der Waals surface area (Å²) in [6.45, 7) is 1.57. The highest BCUT2D eigenvalue weighted by Crippen LogP contribution is 2.19. The van der Waals surface area contributed by atoms with Crippen LogP contribution in [-0.2, 0) is 9.53 Å². The first-order valence-corrected chi connectivity index (χ1v) is 6.61. The van der Waals surface area contributed by atoms with Gasteiger partial charge in [-0.25, -0.2) is 9.97 Å². The van der Waals surface area contributed by atoms with Gasteiger partial charge in [-0.2, -0.15) is 0 Å². The second-order valence-electron chi connectivity index (χ2n) is 4.70. The molecular formula is C12H16N4O5. The molecule has 1 aromatic rings. The second-order valence-corrected chi connectivity index (χ2v) is 4.70. The summed E-state index contributed by atoms with van der Waals surface area (Å²) in [5, 5.41) is 19.1. The minimum Gasteiger partial charge on any atom is -0.481 e. The Morgan fingerprint density at radius 3 is 2.57 bits per heavy atom. The molecule has 1 aliphatic rings. The number of carbonyl (C=O) groups is 1. The lowest BCUT2D eigenvalue weighted by molar-refractivity contribution is -0.385. The normalized spacial score (nSPS) is 15.9. The summed E-state index contributed by atoms with van der Waals surface area (Å²) >= 11 is 0. The van der Waals surface area contributed by atoms with E-state index in [-0.39, 0.29) is 24.8 Å². The van der Waals surface area contributed by atoms with Gasteiger partial charge in [0, 0.05) is 13.1 Å². The molecule has 1 fully saturated rings. The van der Waals surface area contributed by atoms with Gasteiger partial charge in [-0.15, -0.1) is 0 Å². The molecule has 0 unspecified atom stereocenters. The van der Waals surface area contributed by atoms with Crippen molar-refractivity contribution in [2.45, 2.75) is 25.4 Å². The van der Waals surface area contributed by atoms with Gasteiger partial charge in [0.05, 0.1) is 24.1 Å². The number of carboxylic acids is 1. The molecule has 1 N–H and O–H groups in total. The van der Waals surface area contributed by atoms with Crippen molar-refractivity contribution in [3.63, 3.8) is 0 Å². The molecule has 1 aliphatic heterocycles. The third kappa shape index (κ3) is 4.35. The molecule has 9 nitrogen and oxygen atoms in total. The molecule has 0 bridgehead atoms. The number of hydrogen-bond donors (Lipinski definition) is 1. The lowest BCUT2D eigenvalue weighted by Gasteiger charge is -2.31. The molecule has 1 aromatic heterocycles. The molecule has 0 saturated carbocycles. The zero-order valence-electron chi connectivity index (χ0n) is 11.3. The Kier molecular flexibility index (Phi) is 4.99. The molecule has 0 aromatic carbocycles. The maximum atomic E-state index is 10.5. The zero-order chi connectivity index (χ0) is 15.2. The topological polar surface area (TPSA) is 119 Å². The Morgan fingerprint density at radius 2 is 2.05 bits per heavy atom. The highest BCUT2D eigenvalue weighted by atomic mass is 16.6. The maximum Gasteiger partial charge on any atom is 0.305 e. The fourth-order valence-electron chi connectivity index (χ4n) is 2.11. The van der Waals surface area contributed by atoms with Crippen molar-refractivity contribution >= 4 is 17.6 Å². The van der Waals surface area contributed by atoms with Crippen LogP contribution in [0.1, 0.15) is 19.3 Å². The number of nitro groups is 1. The smallest absolute Gasteiger partial charge is 0.305 e. The fraction of sp³-hybridized carbons (Fsp3) is 0.583.